The topological polar surface area (TPSA) is 144 Å². The maximum atomic E-state index is 13.0. The summed E-state index contributed by atoms with van der Waals surface area (Å²) in [5, 5.41) is 6.70. The van der Waals surface area contributed by atoms with Gasteiger partial charge in [0, 0.05) is 41.8 Å². The highest BCUT2D eigenvalue weighted by molar-refractivity contribution is 7.89. The van der Waals surface area contributed by atoms with Crippen molar-refractivity contribution < 1.29 is 13.2 Å². The van der Waals surface area contributed by atoms with Crippen molar-refractivity contribution in [1.82, 2.24) is 24.7 Å². The Morgan fingerprint density at radius 3 is 2.71 bits per heavy atom. The van der Waals surface area contributed by atoms with E-state index in [2.05, 4.69) is 25.5 Å². The number of aromatic nitrogens is 3. The van der Waals surface area contributed by atoms with Crippen molar-refractivity contribution in [2.24, 2.45) is 10.8 Å². The molecule has 1 saturated heterocycles. The summed E-state index contributed by atoms with van der Waals surface area (Å²) in [4.78, 5) is 24.9. The first-order valence-corrected chi connectivity index (χ1v) is 13.1. The maximum absolute atomic E-state index is 13.0. The van der Waals surface area contributed by atoms with E-state index in [9.17, 15) is 13.2 Å². The zero-order valence-electron chi connectivity index (χ0n) is 18.2. The van der Waals surface area contributed by atoms with E-state index in [1.165, 1.54) is 40.3 Å². The first kappa shape index (κ1) is 24.2. The van der Waals surface area contributed by atoms with E-state index >= 15 is 0 Å². The third kappa shape index (κ3) is 5.25. The number of sulfonamides is 1. The highest BCUT2D eigenvalue weighted by Gasteiger charge is 2.31. The van der Waals surface area contributed by atoms with Crippen LogP contribution in [-0.2, 0) is 10.0 Å². The molecule has 0 bridgehead atoms. The van der Waals surface area contributed by atoms with Crippen molar-refractivity contribution in [2.75, 3.05) is 13.1 Å². The number of halogens is 1. The Morgan fingerprint density at radius 1 is 1.26 bits per heavy atom. The van der Waals surface area contributed by atoms with E-state index in [4.69, 9.17) is 17.3 Å². The number of hydrogen-bond donors (Lipinski definition) is 2. The molecule has 34 heavy (non-hydrogen) atoms. The molecule has 1 amide bonds. The average molecular weight is 520 g/mol. The molecule has 4 rings (SSSR count). The number of nitrogens with two attached hydrogens (primary N) is 1. The standard InChI is InChI=1S/C21H22ClN7O3S2/c1-13-2-3-15(10-16(13)22)34(31,32)29-8-4-14(5-9-29)21-26-18(12-33-21)20(30)28-27-19(23)17-11-24-6-7-25-17/h2-3,6-7,10-12,14H,4-5,8-9H2,1H3,(H2,23,27)(H,28,30). The van der Waals surface area contributed by atoms with E-state index in [1.54, 1.807) is 17.5 Å². The minimum Gasteiger partial charge on any atom is -0.380 e. The molecule has 0 saturated carbocycles. The second-order valence-corrected chi connectivity index (χ2v) is 10.9. The normalized spacial score (nSPS) is 15.9. The van der Waals surface area contributed by atoms with Gasteiger partial charge in [-0.3, -0.25) is 9.78 Å². The van der Waals surface area contributed by atoms with Crippen molar-refractivity contribution in [1.29, 1.82) is 0 Å². The Morgan fingerprint density at radius 2 is 2.03 bits per heavy atom. The van der Waals surface area contributed by atoms with Crippen LogP contribution in [0.25, 0.3) is 0 Å². The predicted octanol–water partition coefficient (Wildman–Crippen LogP) is 2.51. The molecule has 178 valence electrons. The number of carbonyl (C=O) groups is 1. The molecule has 1 aliphatic heterocycles. The summed E-state index contributed by atoms with van der Waals surface area (Å²) in [6, 6.07) is 4.77. The molecule has 1 aromatic carbocycles. The summed E-state index contributed by atoms with van der Waals surface area (Å²) in [6.07, 6.45) is 5.62. The molecule has 1 aliphatic rings. The van der Waals surface area contributed by atoms with E-state index in [0.29, 0.717) is 36.6 Å². The molecule has 1 fully saturated rings. The molecule has 3 aromatic rings. The minimum atomic E-state index is -3.62. The summed E-state index contributed by atoms with van der Waals surface area (Å²) in [7, 11) is -3.62. The van der Waals surface area contributed by atoms with Gasteiger partial charge in [-0.05, 0) is 37.5 Å². The van der Waals surface area contributed by atoms with Crippen LogP contribution in [0.15, 0.2) is 52.2 Å². The lowest BCUT2D eigenvalue weighted by molar-refractivity contribution is 0.0950. The van der Waals surface area contributed by atoms with Gasteiger partial charge < -0.3 is 5.73 Å². The SMILES string of the molecule is Cc1ccc(S(=O)(=O)N2CCC(c3nc(C(=O)NN=C(N)c4cnccn4)cs3)CC2)cc1Cl. The zero-order valence-corrected chi connectivity index (χ0v) is 20.6. The Labute approximate surface area is 205 Å². The van der Waals surface area contributed by atoms with Crippen LogP contribution in [0.1, 0.15) is 45.5 Å². The first-order valence-electron chi connectivity index (χ1n) is 10.4. The highest BCUT2D eigenvalue weighted by Crippen LogP contribution is 2.33. The zero-order chi connectivity index (χ0) is 24.3. The summed E-state index contributed by atoms with van der Waals surface area (Å²) in [6.45, 7) is 2.54. The molecule has 0 unspecified atom stereocenters. The van der Waals surface area contributed by atoms with Crippen LogP contribution < -0.4 is 11.2 Å². The van der Waals surface area contributed by atoms with Crippen molar-refractivity contribution in [2.45, 2.75) is 30.6 Å². The monoisotopic (exact) mass is 519 g/mol. The molecular weight excluding hydrogens is 498 g/mol. The van der Waals surface area contributed by atoms with Gasteiger partial charge in [-0.25, -0.2) is 23.8 Å². The fourth-order valence-electron chi connectivity index (χ4n) is 3.46. The van der Waals surface area contributed by atoms with Gasteiger partial charge in [0.15, 0.2) is 5.84 Å². The number of aryl methyl sites for hydroxylation is 1. The van der Waals surface area contributed by atoms with Crippen LogP contribution in [0, 0.1) is 6.92 Å². The number of nitrogens with zero attached hydrogens (tertiary/aromatic N) is 5. The number of carbonyl (C=O) groups excluding carboxylic acids is 1. The molecule has 3 heterocycles. The van der Waals surface area contributed by atoms with E-state index in [0.717, 1.165) is 10.6 Å². The molecule has 3 N–H and O–H groups in total. The van der Waals surface area contributed by atoms with Crippen molar-refractivity contribution in [3.8, 4) is 0 Å². The van der Waals surface area contributed by atoms with Crippen LogP contribution >= 0.6 is 22.9 Å². The Balaban J connectivity index is 1.37. The smallest absolute Gasteiger partial charge is 0.290 e. The van der Waals surface area contributed by atoms with Crippen molar-refractivity contribution in [3.63, 3.8) is 0 Å². The largest absolute Gasteiger partial charge is 0.380 e. The summed E-state index contributed by atoms with van der Waals surface area (Å²) in [5.74, 6) is -0.404. The highest BCUT2D eigenvalue weighted by atomic mass is 35.5. The van der Waals surface area contributed by atoms with Gasteiger partial charge in [-0.15, -0.1) is 11.3 Å². The Bertz CT molecular complexity index is 1320. The van der Waals surface area contributed by atoms with Crippen molar-refractivity contribution >= 4 is 44.7 Å². The van der Waals surface area contributed by atoms with Crippen LogP contribution in [0.3, 0.4) is 0 Å². The van der Waals surface area contributed by atoms with Crippen LogP contribution in [0.2, 0.25) is 5.02 Å². The van der Waals surface area contributed by atoms with Crippen LogP contribution in [0.4, 0.5) is 0 Å². The molecular formula is C21H22ClN7O3S2. The first-order chi connectivity index (χ1) is 16.3. The van der Waals surface area contributed by atoms with Gasteiger partial charge in [0.25, 0.3) is 5.91 Å². The van der Waals surface area contributed by atoms with Crippen molar-refractivity contribution in [3.05, 3.63) is 69.2 Å². The van der Waals surface area contributed by atoms with Crippen LogP contribution in [0.5, 0.6) is 0 Å². The number of thiazole rings is 1. The molecule has 2 aromatic heterocycles. The number of nitrogens with one attached hydrogen (secondary N) is 1. The van der Waals surface area contributed by atoms with E-state index in [1.807, 2.05) is 6.92 Å². The third-order valence-corrected chi connectivity index (χ3v) is 8.75. The molecule has 0 spiro atoms. The summed E-state index contributed by atoms with van der Waals surface area (Å²) >= 11 is 7.48. The second kappa shape index (κ2) is 10.1. The number of rotatable bonds is 6. The number of hydrazone groups is 1. The second-order valence-electron chi connectivity index (χ2n) is 7.69. The number of benzene rings is 1. The fourth-order valence-corrected chi connectivity index (χ4v) is 6.18. The van der Waals surface area contributed by atoms with Gasteiger partial charge in [0.1, 0.15) is 11.4 Å². The number of amidine groups is 1. The van der Waals surface area contributed by atoms with E-state index in [-0.39, 0.29) is 22.3 Å². The minimum absolute atomic E-state index is 0.0281. The molecule has 0 aliphatic carbocycles. The third-order valence-electron chi connectivity index (χ3n) is 5.44. The summed E-state index contributed by atoms with van der Waals surface area (Å²) < 4.78 is 27.4. The number of hydrogen-bond acceptors (Lipinski definition) is 8. The number of amides is 1. The Hall–Kier alpha value is -2.93. The van der Waals surface area contributed by atoms with E-state index < -0.39 is 15.9 Å². The Kier molecular flexibility index (Phi) is 7.22. The number of piperidine rings is 1. The maximum Gasteiger partial charge on any atom is 0.290 e. The molecule has 10 nitrogen and oxygen atoms in total. The molecule has 0 atom stereocenters. The predicted molar refractivity (Wildman–Crippen MR) is 129 cm³/mol. The van der Waals surface area contributed by atoms with Gasteiger partial charge >= 0.3 is 0 Å². The van der Waals surface area contributed by atoms with Gasteiger partial charge in [0.05, 0.1) is 16.1 Å². The quantitative estimate of drug-likeness (QED) is 0.289. The summed E-state index contributed by atoms with van der Waals surface area (Å²) in [5.41, 5.74) is 9.56. The fraction of sp³-hybridized carbons (Fsp3) is 0.286. The average Bonchev–Trinajstić information content (AvgIpc) is 3.35. The molecule has 0 radical (unpaired) electrons. The lowest BCUT2D eigenvalue weighted by Gasteiger charge is -2.30. The lowest BCUT2D eigenvalue weighted by atomic mass is 9.99. The van der Waals surface area contributed by atoms with Gasteiger partial charge in [-0.2, -0.15) is 9.41 Å². The van der Waals surface area contributed by atoms with Crippen LogP contribution in [-0.4, -0.2) is 52.5 Å². The van der Waals surface area contributed by atoms with Gasteiger partial charge in [-0.1, -0.05) is 17.7 Å². The van der Waals surface area contributed by atoms with Gasteiger partial charge in [0.2, 0.25) is 10.0 Å². The molecule has 13 heteroatoms. The lowest BCUT2D eigenvalue weighted by Crippen LogP contribution is -2.37.